The van der Waals surface area contributed by atoms with Gasteiger partial charge in [0.15, 0.2) is 0 Å². The van der Waals surface area contributed by atoms with Gasteiger partial charge >= 0.3 is 0 Å². The minimum atomic E-state index is -3.15. The number of nitrogens with zero attached hydrogens (tertiary/aromatic N) is 1. The molecule has 1 atom stereocenters. The van der Waals surface area contributed by atoms with Crippen LogP contribution in [0.15, 0.2) is 0 Å². The number of thiocarbonyl (C=S) groups is 1. The molecule has 0 radical (unpaired) electrons. The summed E-state index contributed by atoms with van der Waals surface area (Å²) in [5.41, 5.74) is 5.56. The zero-order valence-electron chi connectivity index (χ0n) is 9.14. The molecule has 0 aromatic rings. The molecule has 88 valence electrons. The van der Waals surface area contributed by atoms with Crippen molar-refractivity contribution >= 4 is 27.2 Å². The van der Waals surface area contributed by atoms with Gasteiger partial charge in [0, 0.05) is 19.0 Å². The van der Waals surface area contributed by atoms with Crippen molar-refractivity contribution in [3.05, 3.63) is 0 Å². The van der Waals surface area contributed by atoms with Crippen LogP contribution in [0.5, 0.6) is 0 Å². The van der Waals surface area contributed by atoms with Gasteiger partial charge in [-0.2, -0.15) is 0 Å². The molecule has 0 saturated carbocycles. The van der Waals surface area contributed by atoms with Gasteiger partial charge in [-0.15, -0.1) is 0 Å². The number of hydrogen-bond donors (Lipinski definition) is 1. The van der Waals surface area contributed by atoms with Crippen molar-refractivity contribution in [3.63, 3.8) is 0 Å². The quantitative estimate of drug-likeness (QED) is 0.750. The number of sulfonamides is 1. The standard InChI is InChI=1S/C9H18N2O2S2/c1-7(2)15(12,13)11-5-3-4-8(6-11)9(10)14/h7-8H,3-6H2,1-2H3,(H2,10,14). The maximum atomic E-state index is 11.9. The summed E-state index contributed by atoms with van der Waals surface area (Å²) in [5.74, 6) is 0.0438. The molecule has 1 aliphatic rings. The highest BCUT2D eigenvalue weighted by molar-refractivity contribution is 7.89. The van der Waals surface area contributed by atoms with E-state index >= 15 is 0 Å². The maximum Gasteiger partial charge on any atom is 0.216 e. The summed E-state index contributed by atoms with van der Waals surface area (Å²) in [5, 5.41) is -0.373. The van der Waals surface area contributed by atoms with E-state index < -0.39 is 10.0 Å². The number of hydrogen-bond acceptors (Lipinski definition) is 3. The largest absolute Gasteiger partial charge is 0.393 e. The molecule has 1 fully saturated rings. The average molecular weight is 250 g/mol. The SMILES string of the molecule is CC(C)S(=O)(=O)N1CCCC(C(N)=S)C1. The van der Waals surface area contributed by atoms with E-state index in [-0.39, 0.29) is 11.2 Å². The van der Waals surface area contributed by atoms with Crippen LogP contribution in [-0.2, 0) is 10.0 Å². The fourth-order valence-corrected chi connectivity index (χ4v) is 3.26. The van der Waals surface area contributed by atoms with Gasteiger partial charge in [-0.1, -0.05) is 12.2 Å². The summed E-state index contributed by atoms with van der Waals surface area (Å²) < 4.78 is 25.3. The lowest BCUT2D eigenvalue weighted by Crippen LogP contribution is -2.45. The fraction of sp³-hybridized carbons (Fsp3) is 0.889. The van der Waals surface area contributed by atoms with Crippen LogP contribution in [0.1, 0.15) is 26.7 Å². The summed E-state index contributed by atoms with van der Waals surface area (Å²) in [4.78, 5) is 0.429. The van der Waals surface area contributed by atoms with Crippen LogP contribution in [0.4, 0.5) is 0 Å². The van der Waals surface area contributed by atoms with Crippen molar-refractivity contribution in [1.82, 2.24) is 4.31 Å². The van der Waals surface area contributed by atoms with E-state index in [2.05, 4.69) is 0 Å². The van der Waals surface area contributed by atoms with Crippen molar-refractivity contribution in [2.24, 2.45) is 11.7 Å². The third-order valence-electron chi connectivity index (χ3n) is 2.74. The molecule has 1 saturated heterocycles. The molecule has 0 bridgehead atoms. The first-order valence-electron chi connectivity index (χ1n) is 5.14. The monoisotopic (exact) mass is 250 g/mol. The molecule has 1 unspecified atom stereocenters. The zero-order chi connectivity index (χ0) is 11.6. The van der Waals surface area contributed by atoms with Gasteiger partial charge in [0.05, 0.1) is 10.2 Å². The van der Waals surface area contributed by atoms with Crippen molar-refractivity contribution in [2.75, 3.05) is 13.1 Å². The van der Waals surface area contributed by atoms with E-state index in [1.165, 1.54) is 4.31 Å². The van der Waals surface area contributed by atoms with Gasteiger partial charge in [-0.3, -0.25) is 0 Å². The van der Waals surface area contributed by atoms with Gasteiger partial charge in [-0.25, -0.2) is 12.7 Å². The van der Waals surface area contributed by atoms with Crippen molar-refractivity contribution in [2.45, 2.75) is 31.9 Å². The molecule has 0 aromatic carbocycles. The second-order valence-corrected chi connectivity index (χ2v) is 7.15. The molecule has 6 heteroatoms. The lowest BCUT2D eigenvalue weighted by atomic mass is 10.0. The maximum absolute atomic E-state index is 11.9. The highest BCUT2D eigenvalue weighted by Gasteiger charge is 2.31. The number of nitrogens with two attached hydrogens (primary N) is 1. The van der Waals surface area contributed by atoms with Crippen molar-refractivity contribution < 1.29 is 8.42 Å². The first-order valence-corrected chi connectivity index (χ1v) is 7.05. The molecule has 2 N–H and O–H groups in total. The van der Waals surface area contributed by atoms with Crippen LogP contribution in [0.2, 0.25) is 0 Å². The van der Waals surface area contributed by atoms with Gasteiger partial charge in [0.1, 0.15) is 0 Å². The van der Waals surface area contributed by atoms with Gasteiger partial charge in [0.25, 0.3) is 0 Å². The molecule has 0 aliphatic carbocycles. The Balaban J connectivity index is 2.77. The third kappa shape index (κ3) is 2.89. The highest BCUT2D eigenvalue weighted by Crippen LogP contribution is 2.21. The summed E-state index contributed by atoms with van der Waals surface area (Å²) >= 11 is 4.91. The van der Waals surface area contributed by atoms with Crippen LogP contribution >= 0.6 is 12.2 Å². The Morgan fingerprint density at radius 2 is 2.13 bits per heavy atom. The topological polar surface area (TPSA) is 63.4 Å². The smallest absolute Gasteiger partial charge is 0.216 e. The second kappa shape index (κ2) is 4.76. The lowest BCUT2D eigenvalue weighted by molar-refractivity contribution is 0.310. The van der Waals surface area contributed by atoms with Crippen LogP contribution in [-0.4, -0.2) is 36.1 Å². The molecule has 0 amide bonds. The normalized spacial score (nSPS) is 24.3. The summed E-state index contributed by atoms with van der Waals surface area (Å²) in [6.45, 7) is 4.44. The van der Waals surface area contributed by atoms with Crippen molar-refractivity contribution in [1.29, 1.82) is 0 Å². The summed E-state index contributed by atoms with van der Waals surface area (Å²) in [7, 11) is -3.15. The number of piperidine rings is 1. The Morgan fingerprint density at radius 3 is 2.60 bits per heavy atom. The summed E-state index contributed by atoms with van der Waals surface area (Å²) in [6.07, 6.45) is 1.74. The zero-order valence-corrected chi connectivity index (χ0v) is 10.8. The predicted octanol–water partition coefficient (Wildman–Crippen LogP) is 0.723. The van der Waals surface area contributed by atoms with E-state index in [9.17, 15) is 8.42 Å². The Labute approximate surface area is 96.9 Å². The molecule has 1 aliphatic heterocycles. The first-order chi connectivity index (χ1) is 6.85. The molecule has 1 rings (SSSR count). The van der Waals surface area contributed by atoms with Crippen LogP contribution in [0.25, 0.3) is 0 Å². The Hall–Kier alpha value is -0.200. The fourth-order valence-electron chi connectivity index (χ4n) is 1.70. The first kappa shape index (κ1) is 12.9. The predicted molar refractivity (Wildman–Crippen MR) is 65.1 cm³/mol. The van der Waals surface area contributed by atoms with E-state index in [4.69, 9.17) is 18.0 Å². The second-order valence-electron chi connectivity index (χ2n) is 4.19. The van der Waals surface area contributed by atoms with Gasteiger partial charge < -0.3 is 5.73 Å². The highest BCUT2D eigenvalue weighted by atomic mass is 32.2. The Morgan fingerprint density at radius 1 is 1.53 bits per heavy atom. The van der Waals surface area contributed by atoms with E-state index in [0.29, 0.717) is 18.1 Å². The van der Waals surface area contributed by atoms with Crippen molar-refractivity contribution in [3.8, 4) is 0 Å². The molecular formula is C9H18N2O2S2. The van der Waals surface area contributed by atoms with Crippen LogP contribution in [0, 0.1) is 5.92 Å². The van der Waals surface area contributed by atoms with Gasteiger partial charge in [-0.05, 0) is 26.7 Å². The minimum Gasteiger partial charge on any atom is -0.393 e. The Kier molecular flexibility index (Phi) is 4.08. The Bertz CT molecular complexity index is 338. The van der Waals surface area contributed by atoms with Crippen LogP contribution < -0.4 is 5.73 Å². The van der Waals surface area contributed by atoms with Crippen LogP contribution in [0.3, 0.4) is 0 Å². The molecule has 0 aromatic heterocycles. The molecule has 1 heterocycles. The lowest BCUT2D eigenvalue weighted by Gasteiger charge is -2.32. The minimum absolute atomic E-state index is 0.0438. The van der Waals surface area contributed by atoms with E-state index in [0.717, 1.165) is 12.8 Å². The molecular weight excluding hydrogens is 232 g/mol. The molecule has 15 heavy (non-hydrogen) atoms. The van der Waals surface area contributed by atoms with E-state index in [1.54, 1.807) is 13.8 Å². The molecule has 0 spiro atoms. The van der Waals surface area contributed by atoms with Gasteiger partial charge in [0.2, 0.25) is 10.0 Å². The van der Waals surface area contributed by atoms with E-state index in [1.807, 2.05) is 0 Å². The average Bonchev–Trinajstić information content (AvgIpc) is 2.17. The summed E-state index contributed by atoms with van der Waals surface area (Å²) in [6, 6.07) is 0. The molecule has 4 nitrogen and oxygen atoms in total. The number of rotatable bonds is 3. The third-order valence-corrected chi connectivity index (χ3v) is 5.32.